The summed E-state index contributed by atoms with van der Waals surface area (Å²) in [6.07, 6.45) is 3.15. The summed E-state index contributed by atoms with van der Waals surface area (Å²) in [6, 6.07) is 0.545. The van der Waals surface area contributed by atoms with Crippen molar-refractivity contribution in [3.63, 3.8) is 0 Å². The van der Waals surface area contributed by atoms with Gasteiger partial charge in [-0.05, 0) is 40.4 Å². The molecule has 90 valence electrons. The molecular weight excluding hydrogens is 192 g/mol. The molecule has 0 saturated carbocycles. The van der Waals surface area contributed by atoms with Gasteiger partial charge < -0.3 is 15.3 Å². The highest BCUT2D eigenvalue weighted by Crippen LogP contribution is 1.98. The molecule has 0 aromatic rings. The molecule has 0 aliphatic rings. The molecule has 0 amide bonds. The SMILES string of the molecule is CC(CNCCCCCC(=O)O)N(C)C. The van der Waals surface area contributed by atoms with E-state index >= 15 is 0 Å². The summed E-state index contributed by atoms with van der Waals surface area (Å²) in [5, 5.41) is 11.8. The van der Waals surface area contributed by atoms with Gasteiger partial charge in [-0.1, -0.05) is 6.42 Å². The number of carboxylic acid groups (broad SMARTS) is 1. The number of hydrogen-bond donors (Lipinski definition) is 2. The van der Waals surface area contributed by atoms with Gasteiger partial charge in [-0.3, -0.25) is 4.79 Å². The number of nitrogens with one attached hydrogen (secondary N) is 1. The van der Waals surface area contributed by atoms with Crippen LogP contribution in [0.1, 0.15) is 32.6 Å². The number of nitrogens with zero attached hydrogens (tertiary/aromatic N) is 1. The third-order valence-electron chi connectivity index (χ3n) is 2.57. The molecule has 4 nitrogen and oxygen atoms in total. The largest absolute Gasteiger partial charge is 0.481 e. The van der Waals surface area contributed by atoms with E-state index in [1.54, 1.807) is 0 Å². The topological polar surface area (TPSA) is 52.6 Å². The fourth-order valence-corrected chi connectivity index (χ4v) is 1.20. The Bertz CT molecular complexity index is 172. The maximum absolute atomic E-state index is 10.2. The van der Waals surface area contributed by atoms with Crippen LogP contribution in [-0.2, 0) is 4.79 Å². The second-order valence-electron chi connectivity index (χ2n) is 4.22. The lowest BCUT2D eigenvalue weighted by Gasteiger charge is -2.19. The molecule has 0 aromatic carbocycles. The van der Waals surface area contributed by atoms with Crippen LogP contribution in [0.15, 0.2) is 0 Å². The smallest absolute Gasteiger partial charge is 0.303 e. The number of unbranched alkanes of at least 4 members (excludes halogenated alkanes) is 2. The van der Waals surface area contributed by atoms with Crippen LogP contribution in [0.4, 0.5) is 0 Å². The molecule has 0 radical (unpaired) electrons. The number of carbonyl (C=O) groups is 1. The van der Waals surface area contributed by atoms with E-state index < -0.39 is 5.97 Å². The van der Waals surface area contributed by atoms with Gasteiger partial charge in [0, 0.05) is 19.0 Å². The molecule has 0 bridgehead atoms. The van der Waals surface area contributed by atoms with E-state index in [1.165, 1.54) is 0 Å². The second-order valence-corrected chi connectivity index (χ2v) is 4.22. The Labute approximate surface area is 92.7 Å². The first-order valence-electron chi connectivity index (χ1n) is 5.63. The van der Waals surface area contributed by atoms with Gasteiger partial charge >= 0.3 is 5.97 Å². The molecule has 2 N–H and O–H groups in total. The zero-order valence-corrected chi connectivity index (χ0v) is 10.1. The summed E-state index contributed by atoms with van der Waals surface area (Å²) in [5.74, 6) is -0.691. The Kier molecular flexibility index (Phi) is 8.33. The molecule has 0 spiro atoms. The van der Waals surface area contributed by atoms with Gasteiger partial charge in [-0.15, -0.1) is 0 Å². The minimum Gasteiger partial charge on any atom is -0.481 e. The number of carboxylic acids is 1. The molecular formula is C11H24N2O2. The van der Waals surface area contributed by atoms with Crippen LogP contribution in [0.3, 0.4) is 0 Å². The maximum Gasteiger partial charge on any atom is 0.303 e. The van der Waals surface area contributed by atoms with E-state index in [2.05, 4.69) is 31.2 Å². The van der Waals surface area contributed by atoms with Crippen molar-refractivity contribution in [1.29, 1.82) is 0 Å². The van der Waals surface area contributed by atoms with Crippen molar-refractivity contribution in [1.82, 2.24) is 10.2 Å². The molecule has 15 heavy (non-hydrogen) atoms. The lowest BCUT2D eigenvalue weighted by atomic mass is 10.2. The van der Waals surface area contributed by atoms with E-state index in [9.17, 15) is 4.79 Å². The van der Waals surface area contributed by atoms with Gasteiger partial charge in [0.05, 0.1) is 0 Å². The number of aliphatic carboxylic acids is 1. The molecule has 0 heterocycles. The van der Waals surface area contributed by atoms with Gasteiger partial charge in [-0.2, -0.15) is 0 Å². The summed E-state index contributed by atoms with van der Waals surface area (Å²) < 4.78 is 0. The predicted molar refractivity (Wildman–Crippen MR) is 62.1 cm³/mol. The van der Waals surface area contributed by atoms with E-state index in [0.717, 1.165) is 32.4 Å². The fraction of sp³-hybridized carbons (Fsp3) is 0.909. The first-order valence-corrected chi connectivity index (χ1v) is 5.63. The summed E-state index contributed by atoms with van der Waals surface area (Å²) in [7, 11) is 4.14. The number of likely N-dealkylation sites (N-methyl/N-ethyl adjacent to an activating group) is 1. The zero-order chi connectivity index (χ0) is 11.7. The monoisotopic (exact) mass is 216 g/mol. The van der Waals surface area contributed by atoms with Crippen molar-refractivity contribution < 1.29 is 9.90 Å². The van der Waals surface area contributed by atoms with Crippen LogP contribution in [0.25, 0.3) is 0 Å². The first kappa shape index (κ1) is 14.4. The second kappa shape index (κ2) is 8.68. The van der Waals surface area contributed by atoms with Crippen molar-refractivity contribution in [2.45, 2.75) is 38.6 Å². The van der Waals surface area contributed by atoms with Gasteiger partial charge in [0.1, 0.15) is 0 Å². The van der Waals surface area contributed by atoms with Crippen molar-refractivity contribution >= 4 is 5.97 Å². The summed E-state index contributed by atoms with van der Waals surface area (Å²) >= 11 is 0. The standard InChI is InChI=1S/C11H24N2O2/c1-10(13(2)3)9-12-8-6-4-5-7-11(14)15/h10,12H,4-9H2,1-3H3,(H,14,15). The lowest BCUT2D eigenvalue weighted by molar-refractivity contribution is -0.137. The van der Waals surface area contributed by atoms with E-state index in [0.29, 0.717) is 12.5 Å². The summed E-state index contributed by atoms with van der Waals surface area (Å²) in [5.41, 5.74) is 0. The molecule has 1 atom stereocenters. The van der Waals surface area contributed by atoms with E-state index in [4.69, 9.17) is 5.11 Å². The number of hydrogen-bond acceptors (Lipinski definition) is 3. The average molecular weight is 216 g/mol. The van der Waals surface area contributed by atoms with E-state index in [1.807, 2.05) is 0 Å². The van der Waals surface area contributed by atoms with Crippen LogP contribution in [-0.4, -0.2) is 49.2 Å². The fourth-order valence-electron chi connectivity index (χ4n) is 1.20. The highest BCUT2D eigenvalue weighted by Gasteiger charge is 2.02. The van der Waals surface area contributed by atoms with Crippen LogP contribution < -0.4 is 5.32 Å². The molecule has 1 unspecified atom stereocenters. The van der Waals surface area contributed by atoms with E-state index in [-0.39, 0.29) is 0 Å². The Hall–Kier alpha value is -0.610. The van der Waals surface area contributed by atoms with Gasteiger partial charge in [-0.25, -0.2) is 0 Å². The summed E-state index contributed by atoms with van der Waals surface area (Å²) in [4.78, 5) is 12.4. The quantitative estimate of drug-likeness (QED) is 0.568. The normalized spacial score (nSPS) is 13.1. The minimum atomic E-state index is -0.691. The van der Waals surface area contributed by atoms with Crippen molar-refractivity contribution in [2.75, 3.05) is 27.2 Å². The number of rotatable bonds is 9. The zero-order valence-electron chi connectivity index (χ0n) is 10.1. The molecule has 0 saturated heterocycles. The molecule has 0 rings (SSSR count). The molecule has 0 aliphatic heterocycles. The Morgan fingerprint density at radius 2 is 2.00 bits per heavy atom. The third-order valence-corrected chi connectivity index (χ3v) is 2.57. The van der Waals surface area contributed by atoms with Gasteiger partial charge in [0.2, 0.25) is 0 Å². The molecule has 0 aliphatic carbocycles. The molecule has 0 aromatic heterocycles. The van der Waals surface area contributed by atoms with Crippen LogP contribution >= 0.6 is 0 Å². The highest BCUT2D eigenvalue weighted by atomic mass is 16.4. The highest BCUT2D eigenvalue weighted by molar-refractivity contribution is 5.66. The Morgan fingerprint density at radius 1 is 1.33 bits per heavy atom. The van der Waals surface area contributed by atoms with Crippen molar-refractivity contribution in [3.05, 3.63) is 0 Å². The summed E-state index contributed by atoms with van der Waals surface area (Å²) in [6.45, 7) is 4.15. The molecule has 4 heteroatoms. The Morgan fingerprint density at radius 3 is 2.53 bits per heavy atom. The first-order chi connectivity index (χ1) is 7.04. The van der Waals surface area contributed by atoms with Crippen molar-refractivity contribution in [2.24, 2.45) is 0 Å². The molecule has 0 fully saturated rings. The Balaban J connectivity index is 3.15. The average Bonchev–Trinajstić information content (AvgIpc) is 2.15. The maximum atomic E-state index is 10.2. The van der Waals surface area contributed by atoms with Crippen molar-refractivity contribution in [3.8, 4) is 0 Å². The van der Waals surface area contributed by atoms with Crippen LogP contribution in [0, 0.1) is 0 Å². The van der Waals surface area contributed by atoms with Crippen LogP contribution in [0.2, 0.25) is 0 Å². The van der Waals surface area contributed by atoms with Gasteiger partial charge in [0.15, 0.2) is 0 Å². The third kappa shape index (κ3) is 9.69. The van der Waals surface area contributed by atoms with Gasteiger partial charge in [0.25, 0.3) is 0 Å². The predicted octanol–water partition coefficient (Wildman–Crippen LogP) is 1.17. The minimum absolute atomic E-state index is 0.300. The lowest BCUT2D eigenvalue weighted by Crippen LogP contribution is -2.35. The van der Waals surface area contributed by atoms with Crippen LogP contribution in [0.5, 0.6) is 0 Å².